The summed E-state index contributed by atoms with van der Waals surface area (Å²) in [6, 6.07) is 0.122. The summed E-state index contributed by atoms with van der Waals surface area (Å²) in [4.78, 5) is 16.3. The van der Waals surface area contributed by atoms with Crippen molar-refractivity contribution in [1.29, 1.82) is 0 Å². The Kier molecular flexibility index (Phi) is 5.26. The van der Waals surface area contributed by atoms with E-state index in [2.05, 4.69) is 22.5 Å². The number of hydrogen-bond donors (Lipinski definition) is 2. The van der Waals surface area contributed by atoms with E-state index in [0.717, 1.165) is 58.8 Å². The van der Waals surface area contributed by atoms with Crippen LogP contribution in [0.25, 0.3) is 0 Å². The first-order valence-corrected chi connectivity index (χ1v) is 7.21. The Balaban J connectivity index is 1.61. The zero-order chi connectivity index (χ0) is 12.8. The average Bonchev–Trinajstić information content (AvgIpc) is 2.40. The highest BCUT2D eigenvalue weighted by Crippen LogP contribution is 2.14. The number of nitrogens with zero attached hydrogens (tertiary/aromatic N) is 2. The maximum absolute atomic E-state index is 12.0. The quantitative estimate of drug-likeness (QED) is 0.763. The lowest BCUT2D eigenvalue weighted by Gasteiger charge is -2.31. The molecule has 1 atom stereocenters. The summed E-state index contributed by atoms with van der Waals surface area (Å²) < 4.78 is 0. The van der Waals surface area contributed by atoms with Crippen molar-refractivity contribution < 1.29 is 4.79 Å². The number of carbonyl (C=O) groups excluding carboxylic acids is 1. The number of piperidine rings is 1. The maximum atomic E-state index is 12.0. The van der Waals surface area contributed by atoms with Gasteiger partial charge in [-0.25, -0.2) is 4.79 Å². The van der Waals surface area contributed by atoms with Gasteiger partial charge in [0.15, 0.2) is 0 Å². The molecule has 2 aliphatic rings. The van der Waals surface area contributed by atoms with Crippen molar-refractivity contribution in [2.24, 2.45) is 5.92 Å². The second-order valence-corrected chi connectivity index (χ2v) is 5.52. The number of amides is 2. The zero-order valence-electron chi connectivity index (χ0n) is 11.5. The lowest BCUT2D eigenvalue weighted by atomic mass is 10.0. The molecular formula is C13H26N4O. The maximum Gasteiger partial charge on any atom is 0.317 e. The Morgan fingerprint density at radius 1 is 1.33 bits per heavy atom. The molecule has 0 aromatic carbocycles. The minimum absolute atomic E-state index is 0.122. The molecule has 18 heavy (non-hydrogen) atoms. The molecule has 0 radical (unpaired) electrons. The van der Waals surface area contributed by atoms with Gasteiger partial charge in [0.05, 0.1) is 0 Å². The second kappa shape index (κ2) is 6.95. The van der Waals surface area contributed by atoms with Gasteiger partial charge in [-0.15, -0.1) is 0 Å². The van der Waals surface area contributed by atoms with Crippen molar-refractivity contribution >= 4 is 6.03 Å². The fraction of sp³-hybridized carbons (Fsp3) is 0.923. The molecule has 0 spiro atoms. The normalized spacial score (nSPS) is 26.1. The zero-order valence-corrected chi connectivity index (χ0v) is 11.5. The number of hydrogen-bond acceptors (Lipinski definition) is 3. The van der Waals surface area contributed by atoms with E-state index in [1.807, 2.05) is 4.90 Å². The van der Waals surface area contributed by atoms with Crippen LogP contribution in [0.2, 0.25) is 0 Å². The number of piperazine rings is 1. The van der Waals surface area contributed by atoms with Gasteiger partial charge in [-0.1, -0.05) is 6.92 Å². The highest BCUT2D eigenvalue weighted by Gasteiger charge is 2.20. The van der Waals surface area contributed by atoms with Gasteiger partial charge in [0.2, 0.25) is 0 Å². The van der Waals surface area contributed by atoms with Gasteiger partial charge in [0.1, 0.15) is 0 Å². The molecule has 2 heterocycles. The highest BCUT2D eigenvalue weighted by atomic mass is 16.2. The van der Waals surface area contributed by atoms with Gasteiger partial charge in [-0.05, 0) is 18.8 Å². The van der Waals surface area contributed by atoms with Crippen LogP contribution in [0.15, 0.2) is 0 Å². The molecule has 104 valence electrons. The van der Waals surface area contributed by atoms with Crippen molar-refractivity contribution in [1.82, 2.24) is 20.4 Å². The summed E-state index contributed by atoms with van der Waals surface area (Å²) >= 11 is 0. The van der Waals surface area contributed by atoms with E-state index in [-0.39, 0.29) is 6.03 Å². The van der Waals surface area contributed by atoms with Crippen LogP contribution in [0.3, 0.4) is 0 Å². The van der Waals surface area contributed by atoms with Gasteiger partial charge in [-0.2, -0.15) is 0 Å². The van der Waals surface area contributed by atoms with Crippen molar-refractivity contribution in [2.75, 3.05) is 52.4 Å². The van der Waals surface area contributed by atoms with Crippen LogP contribution in [-0.4, -0.2) is 68.2 Å². The Morgan fingerprint density at radius 3 is 2.83 bits per heavy atom. The van der Waals surface area contributed by atoms with Crippen LogP contribution in [0.1, 0.15) is 19.8 Å². The van der Waals surface area contributed by atoms with E-state index in [9.17, 15) is 4.79 Å². The van der Waals surface area contributed by atoms with E-state index >= 15 is 0 Å². The van der Waals surface area contributed by atoms with Crippen LogP contribution in [0.4, 0.5) is 4.79 Å². The summed E-state index contributed by atoms with van der Waals surface area (Å²) in [7, 11) is 0. The van der Waals surface area contributed by atoms with Crippen LogP contribution in [-0.2, 0) is 0 Å². The molecular weight excluding hydrogens is 228 g/mol. The predicted molar refractivity (Wildman–Crippen MR) is 72.7 cm³/mol. The molecule has 0 aromatic heterocycles. The first-order valence-electron chi connectivity index (χ1n) is 7.21. The summed E-state index contributed by atoms with van der Waals surface area (Å²) in [6.07, 6.45) is 2.40. The van der Waals surface area contributed by atoms with Crippen LogP contribution in [0, 0.1) is 5.92 Å². The summed E-state index contributed by atoms with van der Waals surface area (Å²) in [5.41, 5.74) is 0. The van der Waals surface area contributed by atoms with E-state index in [4.69, 9.17) is 0 Å². The molecule has 5 heteroatoms. The molecule has 0 bridgehead atoms. The second-order valence-electron chi connectivity index (χ2n) is 5.52. The predicted octanol–water partition coefficient (Wildman–Crippen LogP) is 0.333. The van der Waals surface area contributed by atoms with Crippen LogP contribution < -0.4 is 10.6 Å². The van der Waals surface area contributed by atoms with Crippen LogP contribution >= 0.6 is 0 Å². The number of carbonyl (C=O) groups is 1. The molecule has 2 N–H and O–H groups in total. The number of urea groups is 1. The average molecular weight is 254 g/mol. The van der Waals surface area contributed by atoms with Crippen molar-refractivity contribution in [3.05, 3.63) is 0 Å². The molecule has 0 aromatic rings. The van der Waals surface area contributed by atoms with Crippen LogP contribution in [0.5, 0.6) is 0 Å². The van der Waals surface area contributed by atoms with E-state index in [1.54, 1.807) is 0 Å². The Hall–Kier alpha value is -0.810. The smallest absolute Gasteiger partial charge is 0.317 e. The van der Waals surface area contributed by atoms with E-state index in [0.29, 0.717) is 5.92 Å². The molecule has 5 nitrogen and oxygen atoms in total. The standard InChI is InChI=1S/C13H26N4O/c1-12-3-2-7-17(11-12)13(18)15-6-10-16-8-4-14-5-9-16/h12,14H,2-11H2,1H3,(H,15,18). The highest BCUT2D eigenvalue weighted by molar-refractivity contribution is 5.74. The molecule has 2 fully saturated rings. The molecule has 2 amide bonds. The third-order valence-corrected chi connectivity index (χ3v) is 3.86. The summed E-state index contributed by atoms with van der Waals surface area (Å²) in [6.45, 7) is 10.1. The molecule has 1 unspecified atom stereocenters. The van der Waals surface area contributed by atoms with Gasteiger partial charge < -0.3 is 15.5 Å². The van der Waals surface area contributed by atoms with Crippen molar-refractivity contribution in [3.63, 3.8) is 0 Å². The van der Waals surface area contributed by atoms with E-state index < -0.39 is 0 Å². The summed E-state index contributed by atoms with van der Waals surface area (Å²) in [5.74, 6) is 0.651. The van der Waals surface area contributed by atoms with Gasteiger partial charge in [0, 0.05) is 52.4 Å². The molecule has 0 saturated carbocycles. The number of rotatable bonds is 3. The van der Waals surface area contributed by atoms with Crippen molar-refractivity contribution in [2.45, 2.75) is 19.8 Å². The lowest BCUT2D eigenvalue weighted by molar-refractivity contribution is 0.167. The largest absolute Gasteiger partial charge is 0.337 e. The third kappa shape index (κ3) is 4.14. The minimum Gasteiger partial charge on any atom is -0.337 e. The van der Waals surface area contributed by atoms with Gasteiger partial charge in [0.25, 0.3) is 0 Å². The fourth-order valence-electron chi connectivity index (χ4n) is 2.74. The van der Waals surface area contributed by atoms with E-state index in [1.165, 1.54) is 6.42 Å². The molecule has 0 aliphatic carbocycles. The third-order valence-electron chi connectivity index (χ3n) is 3.86. The van der Waals surface area contributed by atoms with Gasteiger partial charge >= 0.3 is 6.03 Å². The Morgan fingerprint density at radius 2 is 2.11 bits per heavy atom. The van der Waals surface area contributed by atoms with Gasteiger partial charge in [-0.3, -0.25) is 4.90 Å². The number of nitrogens with one attached hydrogen (secondary N) is 2. The molecule has 2 saturated heterocycles. The summed E-state index contributed by atoms with van der Waals surface area (Å²) in [5, 5.41) is 6.38. The SMILES string of the molecule is CC1CCCN(C(=O)NCCN2CCNCC2)C1. The first kappa shape index (κ1) is 13.6. The number of likely N-dealkylation sites (tertiary alicyclic amines) is 1. The lowest BCUT2D eigenvalue weighted by Crippen LogP contribution is -2.49. The first-order chi connectivity index (χ1) is 8.75. The van der Waals surface area contributed by atoms with Crippen molar-refractivity contribution in [3.8, 4) is 0 Å². The Labute approximate surface area is 110 Å². The fourth-order valence-corrected chi connectivity index (χ4v) is 2.74. The monoisotopic (exact) mass is 254 g/mol. The topological polar surface area (TPSA) is 47.6 Å². The minimum atomic E-state index is 0.122. The Bertz CT molecular complexity index is 266. The molecule has 2 rings (SSSR count). The molecule has 2 aliphatic heterocycles.